The molecule has 5 nitrogen and oxygen atoms in total. The number of anilines is 1. The van der Waals surface area contributed by atoms with Crippen LogP contribution in [0.1, 0.15) is 38.3 Å². The molecule has 1 N–H and O–H groups in total. The molecule has 1 amide bonds. The van der Waals surface area contributed by atoms with Crippen LogP contribution in [0.2, 0.25) is 0 Å². The van der Waals surface area contributed by atoms with Crippen LogP contribution in [0.4, 0.5) is 5.69 Å². The lowest BCUT2D eigenvalue weighted by atomic mass is 9.99. The molecule has 1 saturated heterocycles. The van der Waals surface area contributed by atoms with E-state index < -0.39 is 0 Å². The first-order valence-electron chi connectivity index (χ1n) is 9.97. The number of nitrogens with zero attached hydrogens (tertiary/aromatic N) is 1. The molecule has 0 aromatic heterocycles. The van der Waals surface area contributed by atoms with Crippen molar-refractivity contribution in [1.82, 2.24) is 5.32 Å². The van der Waals surface area contributed by atoms with Crippen molar-refractivity contribution in [2.75, 3.05) is 31.7 Å². The van der Waals surface area contributed by atoms with Crippen molar-refractivity contribution >= 4 is 11.6 Å². The molecular weight excluding hydrogens is 352 g/mol. The molecule has 0 bridgehead atoms. The molecule has 0 aliphatic carbocycles. The molecule has 5 heteroatoms. The van der Waals surface area contributed by atoms with Gasteiger partial charge in [0.2, 0.25) is 0 Å². The summed E-state index contributed by atoms with van der Waals surface area (Å²) in [4.78, 5) is 14.7. The van der Waals surface area contributed by atoms with Gasteiger partial charge in [-0.1, -0.05) is 31.2 Å². The number of amides is 1. The molecule has 1 heterocycles. The van der Waals surface area contributed by atoms with Crippen LogP contribution < -0.4 is 19.7 Å². The summed E-state index contributed by atoms with van der Waals surface area (Å²) in [5.41, 5.74) is 2.34. The number of hydrogen-bond donors (Lipinski definition) is 1. The van der Waals surface area contributed by atoms with Crippen molar-refractivity contribution in [2.45, 2.75) is 32.7 Å². The smallest absolute Gasteiger partial charge is 0.258 e. The van der Waals surface area contributed by atoms with Crippen LogP contribution in [-0.4, -0.2) is 32.7 Å². The van der Waals surface area contributed by atoms with E-state index >= 15 is 0 Å². The van der Waals surface area contributed by atoms with E-state index in [1.54, 1.807) is 19.2 Å². The Morgan fingerprint density at radius 2 is 1.89 bits per heavy atom. The summed E-state index contributed by atoms with van der Waals surface area (Å²) in [6.45, 7) is 6.49. The number of rotatable bonds is 7. The van der Waals surface area contributed by atoms with Gasteiger partial charge < -0.3 is 19.7 Å². The van der Waals surface area contributed by atoms with Gasteiger partial charge in [0.1, 0.15) is 0 Å². The molecule has 2 aromatic rings. The molecule has 0 spiro atoms. The van der Waals surface area contributed by atoms with Gasteiger partial charge in [0.25, 0.3) is 5.91 Å². The first-order chi connectivity index (χ1) is 13.6. The van der Waals surface area contributed by atoms with Crippen LogP contribution >= 0.6 is 0 Å². The number of benzene rings is 2. The summed E-state index contributed by atoms with van der Waals surface area (Å²) >= 11 is 0. The fourth-order valence-corrected chi connectivity index (χ4v) is 3.65. The minimum absolute atomic E-state index is 0.0472. The highest BCUT2D eigenvalue weighted by atomic mass is 16.5. The van der Waals surface area contributed by atoms with Gasteiger partial charge >= 0.3 is 0 Å². The second-order valence-electron chi connectivity index (χ2n) is 7.51. The number of ether oxygens (including phenoxy) is 2. The topological polar surface area (TPSA) is 50.8 Å². The van der Waals surface area contributed by atoms with Gasteiger partial charge in [0, 0.05) is 18.8 Å². The highest BCUT2D eigenvalue weighted by Gasteiger charge is 2.17. The number of hydrogen-bond acceptors (Lipinski definition) is 4. The third kappa shape index (κ3) is 5.18. The maximum absolute atomic E-state index is 12.3. The summed E-state index contributed by atoms with van der Waals surface area (Å²) in [6, 6.07) is 15.7. The van der Waals surface area contributed by atoms with E-state index in [2.05, 4.69) is 41.4 Å². The van der Waals surface area contributed by atoms with Crippen LogP contribution in [0.15, 0.2) is 48.5 Å². The lowest BCUT2D eigenvalue weighted by Gasteiger charge is -2.33. The van der Waals surface area contributed by atoms with Crippen molar-refractivity contribution in [3.8, 4) is 11.5 Å². The third-order valence-electron chi connectivity index (χ3n) is 5.22. The molecule has 2 atom stereocenters. The van der Waals surface area contributed by atoms with Crippen LogP contribution in [0.25, 0.3) is 0 Å². The average Bonchev–Trinajstić information content (AvgIpc) is 2.72. The van der Waals surface area contributed by atoms with E-state index in [0.29, 0.717) is 11.5 Å². The zero-order chi connectivity index (χ0) is 19.9. The van der Waals surface area contributed by atoms with Gasteiger partial charge in [-0.15, -0.1) is 0 Å². The first-order valence-corrected chi connectivity index (χ1v) is 9.97. The summed E-state index contributed by atoms with van der Waals surface area (Å²) < 4.78 is 10.8. The Balaban J connectivity index is 1.52. The quantitative estimate of drug-likeness (QED) is 0.780. The number of nitrogens with one attached hydrogen (secondary N) is 1. The van der Waals surface area contributed by atoms with Crippen LogP contribution in [0.5, 0.6) is 11.5 Å². The van der Waals surface area contributed by atoms with E-state index in [9.17, 15) is 4.79 Å². The normalized spacial score (nSPS) is 17.7. The van der Waals surface area contributed by atoms with Gasteiger partial charge in [0.15, 0.2) is 18.1 Å². The van der Waals surface area contributed by atoms with E-state index in [1.165, 1.54) is 18.5 Å². The molecule has 0 saturated carbocycles. The maximum atomic E-state index is 12.3. The standard InChI is InChI=1S/C23H30N2O3/c1-17-7-6-14-25(15-17)20-12-10-19(11-13-20)18(2)24-23(26)16-28-22-9-5-4-8-21(22)27-3/h4-5,8-13,17-18H,6-7,14-16H2,1-3H3,(H,24,26)/t17-,18-/m1/s1. The van der Waals surface area contributed by atoms with E-state index in [-0.39, 0.29) is 18.6 Å². The Morgan fingerprint density at radius 1 is 1.18 bits per heavy atom. The number of carbonyl (C=O) groups excluding carboxylic acids is 1. The van der Waals surface area contributed by atoms with E-state index in [0.717, 1.165) is 24.6 Å². The molecule has 0 unspecified atom stereocenters. The molecule has 28 heavy (non-hydrogen) atoms. The van der Waals surface area contributed by atoms with Gasteiger partial charge in [-0.25, -0.2) is 0 Å². The fourth-order valence-electron chi connectivity index (χ4n) is 3.65. The molecule has 1 aliphatic rings. The van der Waals surface area contributed by atoms with Crippen LogP contribution in [0.3, 0.4) is 0 Å². The van der Waals surface area contributed by atoms with Crippen molar-refractivity contribution < 1.29 is 14.3 Å². The second-order valence-corrected chi connectivity index (χ2v) is 7.51. The van der Waals surface area contributed by atoms with Gasteiger partial charge in [-0.3, -0.25) is 4.79 Å². The number of para-hydroxylation sites is 2. The molecule has 1 aliphatic heterocycles. The molecule has 3 rings (SSSR count). The Hall–Kier alpha value is -2.69. The summed E-state index contributed by atoms with van der Waals surface area (Å²) in [7, 11) is 1.58. The van der Waals surface area contributed by atoms with Gasteiger partial charge in [0.05, 0.1) is 13.2 Å². The predicted octanol–water partition coefficient (Wildman–Crippen LogP) is 4.19. The minimum atomic E-state index is -0.160. The van der Waals surface area contributed by atoms with Crippen molar-refractivity contribution in [1.29, 1.82) is 0 Å². The number of carbonyl (C=O) groups is 1. The largest absolute Gasteiger partial charge is 0.493 e. The Kier molecular flexibility index (Phi) is 6.80. The maximum Gasteiger partial charge on any atom is 0.258 e. The summed E-state index contributed by atoms with van der Waals surface area (Å²) in [5.74, 6) is 1.76. The Bertz CT molecular complexity index is 776. The zero-order valence-electron chi connectivity index (χ0n) is 17.0. The SMILES string of the molecule is COc1ccccc1OCC(=O)N[C@H](C)c1ccc(N2CCC[C@@H](C)C2)cc1. The first kappa shape index (κ1) is 20.1. The highest BCUT2D eigenvalue weighted by molar-refractivity contribution is 5.78. The van der Waals surface area contributed by atoms with Crippen molar-refractivity contribution in [3.63, 3.8) is 0 Å². The molecule has 150 valence electrons. The zero-order valence-corrected chi connectivity index (χ0v) is 17.0. The van der Waals surface area contributed by atoms with Crippen LogP contribution in [0, 0.1) is 5.92 Å². The predicted molar refractivity (Wildman–Crippen MR) is 112 cm³/mol. The van der Waals surface area contributed by atoms with Gasteiger partial charge in [-0.2, -0.15) is 0 Å². The monoisotopic (exact) mass is 382 g/mol. The summed E-state index contributed by atoms with van der Waals surface area (Å²) in [6.07, 6.45) is 2.57. The van der Waals surface area contributed by atoms with Crippen molar-refractivity contribution in [2.24, 2.45) is 5.92 Å². The van der Waals surface area contributed by atoms with Crippen LogP contribution in [-0.2, 0) is 4.79 Å². The third-order valence-corrected chi connectivity index (χ3v) is 5.22. The second kappa shape index (κ2) is 9.49. The van der Waals surface area contributed by atoms with E-state index in [1.807, 2.05) is 19.1 Å². The lowest BCUT2D eigenvalue weighted by molar-refractivity contribution is -0.123. The Labute approximate surface area is 167 Å². The molecular formula is C23H30N2O3. The highest BCUT2D eigenvalue weighted by Crippen LogP contribution is 2.26. The fraction of sp³-hybridized carbons (Fsp3) is 0.435. The molecule has 0 radical (unpaired) electrons. The molecule has 1 fully saturated rings. The van der Waals surface area contributed by atoms with Crippen molar-refractivity contribution in [3.05, 3.63) is 54.1 Å². The Morgan fingerprint density at radius 3 is 2.57 bits per heavy atom. The van der Waals surface area contributed by atoms with Gasteiger partial charge in [-0.05, 0) is 55.5 Å². The minimum Gasteiger partial charge on any atom is -0.493 e. The average molecular weight is 383 g/mol. The number of methoxy groups -OCH3 is 1. The summed E-state index contributed by atoms with van der Waals surface area (Å²) in [5, 5.41) is 2.99. The lowest BCUT2D eigenvalue weighted by Crippen LogP contribution is -2.34. The van der Waals surface area contributed by atoms with E-state index in [4.69, 9.17) is 9.47 Å². The number of piperidine rings is 1. The molecule has 2 aromatic carbocycles.